The van der Waals surface area contributed by atoms with Gasteiger partial charge in [-0.2, -0.15) is 0 Å². The first-order valence-electron chi connectivity index (χ1n) is 6.80. The number of para-hydroxylation sites is 1. The third kappa shape index (κ3) is 3.78. The fraction of sp³-hybridized carbons (Fsp3) is 0.538. The highest BCUT2D eigenvalue weighted by Gasteiger charge is 2.29. The third-order valence-corrected chi connectivity index (χ3v) is 5.64. The molecule has 0 atom stereocenters. The molecular formula is C13H19N3O4S. The Morgan fingerprint density at radius 2 is 1.95 bits per heavy atom. The van der Waals surface area contributed by atoms with Crippen LogP contribution in [0.4, 0.5) is 5.69 Å². The van der Waals surface area contributed by atoms with Crippen molar-refractivity contribution in [2.75, 3.05) is 20.1 Å². The number of sulfonamides is 1. The van der Waals surface area contributed by atoms with Crippen molar-refractivity contribution < 1.29 is 13.3 Å². The van der Waals surface area contributed by atoms with Gasteiger partial charge in [0.15, 0.2) is 0 Å². The van der Waals surface area contributed by atoms with Gasteiger partial charge in [-0.15, -0.1) is 0 Å². The Kier molecular flexibility index (Phi) is 4.92. The van der Waals surface area contributed by atoms with Crippen LogP contribution in [0.2, 0.25) is 0 Å². The zero-order valence-electron chi connectivity index (χ0n) is 11.9. The lowest BCUT2D eigenvalue weighted by Crippen LogP contribution is -2.44. The molecule has 7 nitrogen and oxygen atoms in total. The lowest BCUT2D eigenvalue weighted by molar-refractivity contribution is -0.385. The summed E-state index contributed by atoms with van der Waals surface area (Å²) >= 11 is 0. The summed E-state index contributed by atoms with van der Waals surface area (Å²) in [6.45, 7) is 1.58. The minimum atomic E-state index is -3.57. The quantitative estimate of drug-likeness (QED) is 0.649. The molecule has 1 aliphatic rings. The molecule has 1 fully saturated rings. The van der Waals surface area contributed by atoms with Gasteiger partial charge in [0.25, 0.3) is 5.69 Å². The highest BCUT2D eigenvalue weighted by Crippen LogP contribution is 2.23. The monoisotopic (exact) mass is 313 g/mol. The van der Waals surface area contributed by atoms with Gasteiger partial charge in [-0.3, -0.25) is 10.1 Å². The van der Waals surface area contributed by atoms with E-state index in [0.29, 0.717) is 0 Å². The van der Waals surface area contributed by atoms with Gasteiger partial charge < -0.3 is 5.32 Å². The van der Waals surface area contributed by atoms with Crippen molar-refractivity contribution >= 4 is 15.7 Å². The molecule has 0 aromatic heterocycles. The summed E-state index contributed by atoms with van der Waals surface area (Å²) in [5.41, 5.74) is 0.0723. The number of rotatable bonds is 5. The lowest BCUT2D eigenvalue weighted by Gasteiger charge is -2.30. The summed E-state index contributed by atoms with van der Waals surface area (Å²) < 4.78 is 26.3. The standard InChI is InChI=1S/C13H19N3O4S/c1-15(12-6-8-14-9-7-12)21(19,20)10-11-4-2-3-5-13(11)16(17)18/h2-5,12,14H,6-10H2,1H3. The van der Waals surface area contributed by atoms with Crippen LogP contribution in [0.5, 0.6) is 0 Å². The van der Waals surface area contributed by atoms with E-state index >= 15 is 0 Å². The number of hydrogen-bond donors (Lipinski definition) is 1. The average Bonchev–Trinajstić information content (AvgIpc) is 2.47. The Hall–Kier alpha value is -1.51. The van der Waals surface area contributed by atoms with E-state index < -0.39 is 14.9 Å². The molecule has 0 unspecified atom stereocenters. The van der Waals surface area contributed by atoms with Crippen LogP contribution in [0.3, 0.4) is 0 Å². The second-order valence-corrected chi connectivity index (χ2v) is 7.17. The maximum absolute atomic E-state index is 12.5. The van der Waals surface area contributed by atoms with Crippen molar-refractivity contribution in [1.29, 1.82) is 0 Å². The Morgan fingerprint density at radius 3 is 2.57 bits per heavy atom. The maximum atomic E-state index is 12.5. The van der Waals surface area contributed by atoms with Gasteiger partial charge >= 0.3 is 0 Å². The van der Waals surface area contributed by atoms with Gasteiger partial charge in [0.1, 0.15) is 0 Å². The minimum absolute atomic E-state index is 0.0426. The summed E-state index contributed by atoms with van der Waals surface area (Å²) in [7, 11) is -2.01. The predicted octanol–water partition coefficient (Wildman–Crippen LogP) is 1.11. The van der Waals surface area contributed by atoms with Crippen molar-refractivity contribution in [1.82, 2.24) is 9.62 Å². The highest BCUT2D eigenvalue weighted by molar-refractivity contribution is 7.88. The summed E-state index contributed by atoms with van der Waals surface area (Å²) in [5.74, 6) is -0.343. The fourth-order valence-electron chi connectivity index (χ4n) is 2.51. The Labute approximate surface area is 124 Å². The molecule has 0 aliphatic carbocycles. The molecule has 1 heterocycles. The minimum Gasteiger partial charge on any atom is -0.317 e. The summed E-state index contributed by atoms with van der Waals surface area (Å²) in [4.78, 5) is 10.4. The van der Waals surface area contributed by atoms with Gasteiger partial charge in [0.05, 0.1) is 10.7 Å². The first-order chi connectivity index (χ1) is 9.92. The molecule has 8 heteroatoms. The molecular weight excluding hydrogens is 294 g/mol. The van der Waals surface area contributed by atoms with Crippen LogP contribution >= 0.6 is 0 Å². The molecule has 2 rings (SSSR count). The lowest BCUT2D eigenvalue weighted by atomic mass is 10.1. The van der Waals surface area contributed by atoms with Gasteiger partial charge in [-0.25, -0.2) is 12.7 Å². The summed E-state index contributed by atoms with van der Waals surface area (Å²) in [6, 6.07) is 5.92. The van der Waals surface area contributed by atoms with Gasteiger partial charge in [0, 0.05) is 24.7 Å². The van der Waals surface area contributed by atoms with E-state index in [1.54, 1.807) is 13.1 Å². The van der Waals surface area contributed by atoms with Gasteiger partial charge in [-0.05, 0) is 25.9 Å². The van der Waals surface area contributed by atoms with Crippen LogP contribution in [0.15, 0.2) is 24.3 Å². The molecule has 1 saturated heterocycles. The second kappa shape index (κ2) is 6.50. The first kappa shape index (κ1) is 15.9. The number of nitro benzene ring substituents is 1. The van der Waals surface area contributed by atoms with Gasteiger partial charge in [-0.1, -0.05) is 18.2 Å². The van der Waals surface area contributed by atoms with Crippen LogP contribution in [0.25, 0.3) is 0 Å². The number of nitrogens with zero attached hydrogens (tertiary/aromatic N) is 2. The second-order valence-electron chi connectivity index (χ2n) is 5.14. The molecule has 1 N–H and O–H groups in total. The molecule has 0 radical (unpaired) electrons. The average molecular weight is 313 g/mol. The van der Waals surface area contributed by atoms with Crippen LogP contribution in [-0.4, -0.2) is 43.8 Å². The summed E-state index contributed by atoms with van der Waals surface area (Å²) in [5, 5.41) is 14.2. The molecule has 1 aromatic carbocycles. The molecule has 1 aliphatic heterocycles. The zero-order valence-corrected chi connectivity index (χ0v) is 12.7. The van der Waals surface area contributed by atoms with Crippen molar-refractivity contribution in [2.45, 2.75) is 24.6 Å². The van der Waals surface area contributed by atoms with E-state index in [2.05, 4.69) is 5.32 Å². The largest absolute Gasteiger partial charge is 0.317 e. The fourth-order valence-corrected chi connectivity index (χ4v) is 4.01. The Balaban J connectivity index is 2.19. The van der Waals surface area contributed by atoms with Crippen molar-refractivity contribution in [3.63, 3.8) is 0 Å². The Bertz CT molecular complexity index is 612. The number of piperidine rings is 1. The normalized spacial score (nSPS) is 17.0. The number of nitro groups is 1. The highest BCUT2D eigenvalue weighted by atomic mass is 32.2. The molecule has 21 heavy (non-hydrogen) atoms. The molecule has 0 saturated carbocycles. The molecule has 1 aromatic rings. The first-order valence-corrected chi connectivity index (χ1v) is 8.41. The van der Waals surface area contributed by atoms with Crippen LogP contribution in [-0.2, 0) is 15.8 Å². The maximum Gasteiger partial charge on any atom is 0.273 e. The molecule has 116 valence electrons. The smallest absolute Gasteiger partial charge is 0.273 e. The SMILES string of the molecule is CN(C1CCNCC1)S(=O)(=O)Cc1ccccc1[N+](=O)[O-]. The third-order valence-electron chi connectivity index (χ3n) is 3.79. The van der Waals surface area contributed by atoms with Crippen LogP contribution in [0, 0.1) is 10.1 Å². The van der Waals surface area contributed by atoms with E-state index in [1.807, 2.05) is 0 Å². The van der Waals surface area contributed by atoms with E-state index in [0.717, 1.165) is 25.9 Å². The molecule has 0 amide bonds. The summed E-state index contributed by atoms with van der Waals surface area (Å²) in [6.07, 6.45) is 1.51. The zero-order chi connectivity index (χ0) is 15.5. The molecule has 0 bridgehead atoms. The number of benzene rings is 1. The number of hydrogen-bond acceptors (Lipinski definition) is 5. The predicted molar refractivity (Wildman–Crippen MR) is 79.4 cm³/mol. The molecule has 0 spiro atoms. The van der Waals surface area contributed by atoms with Gasteiger partial charge in [0.2, 0.25) is 10.0 Å². The van der Waals surface area contributed by atoms with Crippen LogP contribution < -0.4 is 5.32 Å². The van der Waals surface area contributed by atoms with Crippen LogP contribution in [0.1, 0.15) is 18.4 Å². The van der Waals surface area contributed by atoms with E-state index in [4.69, 9.17) is 0 Å². The van der Waals surface area contributed by atoms with E-state index in [1.165, 1.54) is 22.5 Å². The number of nitrogens with one attached hydrogen (secondary N) is 1. The van der Waals surface area contributed by atoms with Crippen molar-refractivity contribution in [2.24, 2.45) is 0 Å². The van der Waals surface area contributed by atoms with Crippen molar-refractivity contribution in [3.05, 3.63) is 39.9 Å². The van der Waals surface area contributed by atoms with E-state index in [9.17, 15) is 18.5 Å². The van der Waals surface area contributed by atoms with Crippen molar-refractivity contribution in [3.8, 4) is 0 Å². The van der Waals surface area contributed by atoms with E-state index in [-0.39, 0.29) is 23.0 Å². The topological polar surface area (TPSA) is 92.6 Å². The Morgan fingerprint density at radius 1 is 1.33 bits per heavy atom.